The monoisotopic (exact) mass is 374 g/mol. The summed E-state index contributed by atoms with van der Waals surface area (Å²) in [5.74, 6) is 1.39. The topological polar surface area (TPSA) is 41.6 Å². The molecule has 0 bridgehead atoms. The van der Waals surface area contributed by atoms with Crippen molar-refractivity contribution in [1.29, 1.82) is 0 Å². The van der Waals surface area contributed by atoms with Crippen molar-refractivity contribution in [3.8, 4) is 0 Å². The zero-order chi connectivity index (χ0) is 16.8. The van der Waals surface area contributed by atoms with Crippen molar-refractivity contribution >= 4 is 29.3 Å². The molecule has 2 aliphatic heterocycles. The molecule has 1 amide bonds. The number of thioether (sulfide) groups is 1. The normalized spacial score (nSPS) is 34.2. The second-order valence-electron chi connectivity index (χ2n) is 7.34. The van der Waals surface area contributed by atoms with Crippen LogP contribution in [0.1, 0.15) is 57.8 Å². The summed E-state index contributed by atoms with van der Waals surface area (Å²) in [6.45, 7) is 2.10. The molecule has 0 aromatic rings. The molecule has 1 N–H and O–H groups in total. The van der Waals surface area contributed by atoms with E-state index in [1.54, 1.807) is 0 Å². The zero-order valence-electron chi connectivity index (χ0n) is 14.6. The van der Waals surface area contributed by atoms with Crippen molar-refractivity contribution in [3.05, 3.63) is 0 Å². The number of rotatable bonds is 6. The molecule has 1 saturated carbocycles. The van der Waals surface area contributed by atoms with Crippen LogP contribution < -0.4 is 5.32 Å². The second-order valence-corrected chi connectivity index (χ2v) is 9.37. The summed E-state index contributed by atoms with van der Waals surface area (Å²) in [5, 5.41) is 4.35. The maximum atomic E-state index is 12.9. The molecule has 138 valence electrons. The lowest BCUT2D eigenvalue weighted by Gasteiger charge is -2.37. The Morgan fingerprint density at radius 3 is 2.79 bits per heavy atom. The molecule has 2 heterocycles. The fourth-order valence-electron chi connectivity index (χ4n) is 4.02. The standard InChI is InChI=1S/C18H31ClN2O2S/c19-14-5-3-6-15(11-14)23-13-18(22)21(12-16-7-4-10-24-16)17-8-1-2-9-20-17/h14-17,20H,1-13H2. The number of amides is 1. The summed E-state index contributed by atoms with van der Waals surface area (Å²) in [7, 11) is 0. The molecule has 6 heteroatoms. The number of carbonyl (C=O) groups is 1. The maximum absolute atomic E-state index is 12.9. The van der Waals surface area contributed by atoms with Crippen molar-refractivity contribution in [2.45, 2.75) is 80.7 Å². The van der Waals surface area contributed by atoms with Crippen LogP contribution in [0.3, 0.4) is 0 Å². The first-order chi connectivity index (χ1) is 11.7. The van der Waals surface area contributed by atoms with Crippen molar-refractivity contribution < 1.29 is 9.53 Å². The summed E-state index contributed by atoms with van der Waals surface area (Å²) in [6, 6.07) is 0. The van der Waals surface area contributed by atoms with E-state index in [0.29, 0.717) is 5.25 Å². The van der Waals surface area contributed by atoms with Gasteiger partial charge in [-0.25, -0.2) is 0 Å². The lowest BCUT2D eigenvalue weighted by atomic mass is 9.97. The van der Waals surface area contributed by atoms with Crippen LogP contribution >= 0.6 is 23.4 Å². The molecule has 0 aromatic heterocycles. The quantitative estimate of drug-likeness (QED) is 0.723. The zero-order valence-corrected chi connectivity index (χ0v) is 16.1. The van der Waals surface area contributed by atoms with Gasteiger partial charge in [0.25, 0.3) is 0 Å². The average molecular weight is 375 g/mol. The minimum atomic E-state index is 0.151. The van der Waals surface area contributed by atoms with E-state index in [9.17, 15) is 4.79 Å². The van der Waals surface area contributed by atoms with Crippen LogP contribution in [0.15, 0.2) is 0 Å². The Labute approximate surface area is 155 Å². The molecule has 3 rings (SSSR count). The fraction of sp³-hybridized carbons (Fsp3) is 0.944. The number of carbonyl (C=O) groups excluding carboxylic acids is 1. The van der Waals surface area contributed by atoms with Crippen molar-refractivity contribution in [3.63, 3.8) is 0 Å². The molecule has 2 saturated heterocycles. The number of hydrogen-bond acceptors (Lipinski definition) is 4. The first-order valence-corrected chi connectivity index (χ1v) is 11.1. The minimum Gasteiger partial charge on any atom is -0.368 e. The van der Waals surface area contributed by atoms with E-state index < -0.39 is 0 Å². The molecule has 0 radical (unpaired) electrons. The summed E-state index contributed by atoms with van der Waals surface area (Å²) in [4.78, 5) is 14.9. The lowest BCUT2D eigenvalue weighted by Crippen LogP contribution is -2.53. The summed E-state index contributed by atoms with van der Waals surface area (Å²) in [5.41, 5.74) is 0. The van der Waals surface area contributed by atoms with Crippen LogP contribution in [-0.4, -0.2) is 59.2 Å². The molecule has 3 aliphatic rings. The summed E-state index contributed by atoms with van der Waals surface area (Å²) >= 11 is 8.25. The van der Waals surface area contributed by atoms with Crippen LogP contribution in [0.5, 0.6) is 0 Å². The highest BCUT2D eigenvalue weighted by atomic mass is 35.5. The molecule has 24 heavy (non-hydrogen) atoms. The van der Waals surface area contributed by atoms with Gasteiger partial charge >= 0.3 is 0 Å². The number of alkyl halides is 1. The third-order valence-electron chi connectivity index (χ3n) is 5.41. The van der Waals surface area contributed by atoms with E-state index in [1.807, 2.05) is 11.8 Å². The third kappa shape index (κ3) is 5.52. The third-order valence-corrected chi connectivity index (χ3v) is 7.19. The number of ether oxygens (including phenoxy) is 1. The van der Waals surface area contributed by atoms with Gasteiger partial charge < -0.3 is 9.64 Å². The fourth-order valence-corrected chi connectivity index (χ4v) is 5.64. The van der Waals surface area contributed by atoms with Crippen molar-refractivity contribution in [2.75, 3.05) is 25.4 Å². The molecular weight excluding hydrogens is 344 g/mol. The molecule has 4 unspecified atom stereocenters. The highest BCUT2D eigenvalue weighted by molar-refractivity contribution is 8.00. The van der Waals surface area contributed by atoms with Gasteiger partial charge in [0.1, 0.15) is 6.61 Å². The Hall–Kier alpha value is 0.0300. The molecular formula is C18H31ClN2O2S. The minimum absolute atomic E-state index is 0.151. The second kappa shape index (κ2) is 9.65. The van der Waals surface area contributed by atoms with E-state index >= 15 is 0 Å². The van der Waals surface area contributed by atoms with E-state index in [4.69, 9.17) is 16.3 Å². The van der Waals surface area contributed by atoms with Gasteiger partial charge in [0.2, 0.25) is 5.91 Å². The lowest BCUT2D eigenvalue weighted by molar-refractivity contribution is -0.142. The maximum Gasteiger partial charge on any atom is 0.249 e. The largest absolute Gasteiger partial charge is 0.368 e. The molecule has 4 nitrogen and oxygen atoms in total. The van der Waals surface area contributed by atoms with Gasteiger partial charge in [-0.1, -0.05) is 0 Å². The summed E-state index contributed by atoms with van der Waals surface area (Å²) < 4.78 is 5.94. The van der Waals surface area contributed by atoms with Crippen LogP contribution in [0.25, 0.3) is 0 Å². The molecule has 0 spiro atoms. The Kier molecular flexibility index (Phi) is 7.56. The van der Waals surface area contributed by atoms with E-state index in [-0.39, 0.29) is 30.2 Å². The Morgan fingerprint density at radius 1 is 1.17 bits per heavy atom. The van der Waals surface area contributed by atoms with Crippen LogP contribution in [0, 0.1) is 0 Å². The number of halogens is 1. The van der Waals surface area contributed by atoms with Gasteiger partial charge in [-0.05, 0) is 70.1 Å². The number of piperidine rings is 1. The first kappa shape index (κ1) is 18.8. The van der Waals surface area contributed by atoms with Gasteiger partial charge in [-0.3, -0.25) is 10.1 Å². The Balaban J connectivity index is 1.53. The van der Waals surface area contributed by atoms with Crippen LogP contribution in [0.4, 0.5) is 0 Å². The van der Waals surface area contributed by atoms with E-state index in [2.05, 4.69) is 10.2 Å². The first-order valence-electron chi connectivity index (χ1n) is 9.62. The molecule has 4 atom stereocenters. The van der Waals surface area contributed by atoms with Gasteiger partial charge in [0, 0.05) is 17.2 Å². The Morgan fingerprint density at radius 2 is 2.08 bits per heavy atom. The van der Waals surface area contributed by atoms with Crippen molar-refractivity contribution in [2.24, 2.45) is 0 Å². The highest BCUT2D eigenvalue weighted by Crippen LogP contribution is 2.28. The predicted octanol–water partition coefficient (Wildman–Crippen LogP) is 3.38. The number of nitrogens with one attached hydrogen (secondary N) is 1. The highest BCUT2D eigenvalue weighted by Gasteiger charge is 2.30. The van der Waals surface area contributed by atoms with E-state index in [1.165, 1.54) is 31.4 Å². The SMILES string of the molecule is O=C(COC1CCCC(Cl)C1)N(CC1CCCS1)C1CCCCN1. The molecule has 1 aliphatic carbocycles. The summed E-state index contributed by atoms with van der Waals surface area (Å²) in [6.07, 6.45) is 10.5. The van der Waals surface area contributed by atoms with Gasteiger partial charge in [0.05, 0.1) is 12.3 Å². The predicted molar refractivity (Wildman–Crippen MR) is 101 cm³/mol. The molecule has 0 aromatic carbocycles. The molecule has 3 fully saturated rings. The Bertz CT molecular complexity index is 400. The van der Waals surface area contributed by atoms with Crippen molar-refractivity contribution in [1.82, 2.24) is 10.2 Å². The number of hydrogen-bond donors (Lipinski definition) is 1. The smallest absolute Gasteiger partial charge is 0.249 e. The number of nitrogens with zero attached hydrogens (tertiary/aromatic N) is 1. The van der Waals surface area contributed by atoms with Gasteiger partial charge in [-0.15, -0.1) is 11.6 Å². The van der Waals surface area contributed by atoms with Crippen LogP contribution in [0.2, 0.25) is 0 Å². The average Bonchev–Trinajstić information content (AvgIpc) is 3.12. The van der Waals surface area contributed by atoms with Crippen LogP contribution in [-0.2, 0) is 9.53 Å². The van der Waals surface area contributed by atoms with Gasteiger partial charge in [0.15, 0.2) is 0 Å². The van der Waals surface area contributed by atoms with Gasteiger partial charge in [-0.2, -0.15) is 11.8 Å². The van der Waals surface area contributed by atoms with E-state index in [0.717, 1.165) is 45.2 Å².